The van der Waals surface area contributed by atoms with Gasteiger partial charge >= 0.3 is 0 Å². The van der Waals surface area contributed by atoms with Crippen LogP contribution in [0.1, 0.15) is 19.3 Å². The fourth-order valence-corrected chi connectivity index (χ4v) is 1.57. The lowest BCUT2D eigenvalue weighted by atomic mass is 10.1. The van der Waals surface area contributed by atoms with E-state index in [0.29, 0.717) is 12.6 Å². The van der Waals surface area contributed by atoms with Crippen LogP contribution in [0.15, 0.2) is 0 Å². The Morgan fingerprint density at radius 2 is 2.14 bits per heavy atom. The zero-order chi connectivity index (χ0) is 10.1. The fourth-order valence-electron chi connectivity index (χ4n) is 1.57. The molecule has 3 heteroatoms. The predicted octanol–water partition coefficient (Wildman–Crippen LogP) is 0.368. The molecule has 1 rings (SSSR count). The van der Waals surface area contributed by atoms with Gasteiger partial charge in [-0.15, -0.1) is 6.42 Å². The molecule has 0 aromatic carbocycles. The fraction of sp³-hybridized carbons (Fsp3) is 0.818. The van der Waals surface area contributed by atoms with Gasteiger partial charge in [0.15, 0.2) is 0 Å². The minimum absolute atomic E-state index is 0.427. The highest BCUT2D eigenvalue weighted by molar-refractivity contribution is 4.86. The molecule has 14 heavy (non-hydrogen) atoms. The maximum atomic E-state index is 5.59. The van der Waals surface area contributed by atoms with Crippen LogP contribution in [-0.2, 0) is 4.74 Å². The summed E-state index contributed by atoms with van der Waals surface area (Å²) >= 11 is 0. The molecule has 1 heterocycles. The highest BCUT2D eigenvalue weighted by Gasteiger charge is 2.12. The van der Waals surface area contributed by atoms with Gasteiger partial charge in [-0.1, -0.05) is 5.92 Å². The van der Waals surface area contributed by atoms with E-state index in [2.05, 4.69) is 16.6 Å². The van der Waals surface area contributed by atoms with Crippen LogP contribution in [0.4, 0.5) is 0 Å². The molecule has 1 saturated heterocycles. The first-order valence-electron chi connectivity index (χ1n) is 5.40. The third kappa shape index (κ3) is 5.23. The second-order valence-corrected chi connectivity index (χ2v) is 3.57. The molecule has 1 aliphatic heterocycles. The van der Waals surface area contributed by atoms with Gasteiger partial charge < -0.3 is 15.4 Å². The summed E-state index contributed by atoms with van der Waals surface area (Å²) in [4.78, 5) is 0. The van der Waals surface area contributed by atoms with E-state index >= 15 is 0 Å². The van der Waals surface area contributed by atoms with Crippen LogP contribution in [0.5, 0.6) is 0 Å². The Labute approximate surface area is 86.6 Å². The van der Waals surface area contributed by atoms with E-state index in [1.807, 2.05) is 0 Å². The number of hydrogen-bond acceptors (Lipinski definition) is 3. The summed E-state index contributed by atoms with van der Waals surface area (Å²) in [7, 11) is 0. The van der Waals surface area contributed by atoms with Crippen LogP contribution < -0.4 is 10.6 Å². The van der Waals surface area contributed by atoms with Gasteiger partial charge in [-0.25, -0.2) is 0 Å². The lowest BCUT2D eigenvalue weighted by molar-refractivity contribution is 0.0171. The zero-order valence-corrected chi connectivity index (χ0v) is 8.72. The van der Waals surface area contributed by atoms with Crippen LogP contribution in [0.25, 0.3) is 0 Å². The molecule has 0 aromatic heterocycles. The molecule has 0 bridgehead atoms. The normalized spacial score (nSPS) is 21.8. The van der Waals surface area contributed by atoms with Gasteiger partial charge in [0.1, 0.15) is 0 Å². The first-order valence-corrected chi connectivity index (χ1v) is 5.40. The monoisotopic (exact) mass is 196 g/mol. The third-order valence-electron chi connectivity index (χ3n) is 2.35. The van der Waals surface area contributed by atoms with Crippen LogP contribution in [-0.4, -0.2) is 38.9 Å². The minimum atomic E-state index is 0.427. The van der Waals surface area contributed by atoms with Crippen molar-refractivity contribution in [3.63, 3.8) is 0 Å². The van der Waals surface area contributed by atoms with Crippen LogP contribution >= 0.6 is 0 Å². The van der Waals surface area contributed by atoms with E-state index < -0.39 is 0 Å². The zero-order valence-electron chi connectivity index (χ0n) is 8.72. The Bertz CT molecular complexity index is 171. The molecule has 80 valence electrons. The Balaban J connectivity index is 1.85. The van der Waals surface area contributed by atoms with Gasteiger partial charge in [0.05, 0.1) is 12.6 Å². The van der Waals surface area contributed by atoms with Crippen LogP contribution in [0.3, 0.4) is 0 Å². The molecule has 1 aliphatic rings. The SMILES string of the molecule is C#CCNCCNCC1CCCCO1. The van der Waals surface area contributed by atoms with E-state index in [1.54, 1.807) is 0 Å². The van der Waals surface area contributed by atoms with Crippen molar-refractivity contribution < 1.29 is 4.74 Å². The van der Waals surface area contributed by atoms with Crippen LogP contribution in [0, 0.1) is 12.3 Å². The lowest BCUT2D eigenvalue weighted by Crippen LogP contribution is -2.35. The summed E-state index contributed by atoms with van der Waals surface area (Å²) in [6, 6.07) is 0. The van der Waals surface area contributed by atoms with Gasteiger partial charge in [0, 0.05) is 26.2 Å². The summed E-state index contributed by atoms with van der Waals surface area (Å²) < 4.78 is 5.59. The average molecular weight is 196 g/mol. The van der Waals surface area contributed by atoms with Gasteiger partial charge in [0.25, 0.3) is 0 Å². The molecule has 0 aromatic rings. The molecular weight excluding hydrogens is 176 g/mol. The van der Waals surface area contributed by atoms with Crippen molar-refractivity contribution in [3.8, 4) is 12.3 Å². The molecule has 3 nitrogen and oxygen atoms in total. The topological polar surface area (TPSA) is 33.3 Å². The molecule has 2 N–H and O–H groups in total. The number of terminal acetylenes is 1. The molecule has 0 radical (unpaired) electrons. The van der Waals surface area contributed by atoms with E-state index in [1.165, 1.54) is 19.3 Å². The first-order chi connectivity index (χ1) is 6.93. The summed E-state index contributed by atoms with van der Waals surface area (Å²) in [6.45, 7) is 4.44. The van der Waals surface area contributed by atoms with Crippen molar-refractivity contribution >= 4 is 0 Å². The van der Waals surface area contributed by atoms with Crippen molar-refractivity contribution in [2.45, 2.75) is 25.4 Å². The maximum Gasteiger partial charge on any atom is 0.0699 e. The first kappa shape index (κ1) is 11.5. The van der Waals surface area contributed by atoms with E-state index in [4.69, 9.17) is 11.2 Å². The molecule has 1 atom stereocenters. The summed E-state index contributed by atoms with van der Waals surface area (Å²) in [5.74, 6) is 2.54. The molecule has 0 aliphatic carbocycles. The predicted molar refractivity (Wildman–Crippen MR) is 58.2 cm³/mol. The second-order valence-electron chi connectivity index (χ2n) is 3.57. The number of hydrogen-bond donors (Lipinski definition) is 2. The maximum absolute atomic E-state index is 5.59. The quantitative estimate of drug-likeness (QED) is 0.475. The van der Waals surface area contributed by atoms with E-state index in [-0.39, 0.29) is 0 Å². The third-order valence-corrected chi connectivity index (χ3v) is 2.35. The van der Waals surface area contributed by atoms with Crippen molar-refractivity contribution in [1.82, 2.24) is 10.6 Å². The lowest BCUT2D eigenvalue weighted by Gasteiger charge is -2.22. The van der Waals surface area contributed by atoms with Crippen molar-refractivity contribution in [3.05, 3.63) is 0 Å². The summed E-state index contributed by atoms with van der Waals surface area (Å²) in [5.41, 5.74) is 0. The highest BCUT2D eigenvalue weighted by atomic mass is 16.5. The van der Waals surface area contributed by atoms with Gasteiger partial charge in [-0.2, -0.15) is 0 Å². The molecule has 0 spiro atoms. The standard InChI is InChI=1S/C11H20N2O/c1-2-6-12-7-8-13-10-11-5-3-4-9-14-11/h1,11-13H,3-10H2. The number of ether oxygens (including phenoxy) is 1. The highest BCUT2D eigenvalue weighted by Crippen LogP contribution is 2.11. The van der Waals surface area contributed by atoms with Crippen molar-refractivity contribution in [2.75, 3.05) is 32.8 Å². The molecule has 1 fully saturated rings. The molecule has 0 amide bonds. The number of nitrogens with one attached hydrogen (secondary N) is 2. The van der Waals surface area contributed by atoms with Crippen molar-refractivity contribution in [1.29, 1.82) is 0 Å². The van der Waals surface area contributed by atoms with Gasteiger partial charge in [0.2, 0.25) is 0 Å². The average Bonchev–Trinajstić information content (AvgIpc) is 2.25. The largest absolute Gasteiger partial charge is 0.377 e. The molecule has 0 saturated carbocycles. The molecular formula is C11H20N2O. The Kier molecular flexibility index (Phi) is 6.42. The van der Waals surface area contributed by atoms with E-state index in [9.17, 15) is 0 Å². The summed E-state index contributed by atoms with van der Waals surface area (Å²) in [6.07, 6.45) is 9.26. The Morgan fingerprint density at radius 1 is 1.29 bits per heavy atom. The van der Waals surface area contributed by atoms with Gasteiger partial charge in [-0.3, -0.25) is 0 Å². The summed E-state index contributed by atoms with van der Waals surface area (Å²) in [5, 5.41) is 6.49. The Morgan fingerprint density at radius 3 is 2.86 bits per heavy atom. The number of rotatable bonds is 6. The van der Waals surface area contributed by atoms with Crippen LogP contribution in [0.2, 0.25) is 0 Å². The minimum Gasteiger partial charge on any atom is -0.377 e. The Hall–Kier alpha value is -0.560. The van der Waals surface area contributed by atoms with Crippen molar-refractivity contribution in [2.24, 2.45) is 0 Å². The smallest absolute Gasteiger partial charge is 0.0699 e. The molecule has 1 unspecified atom stereocenters. The van der Waals surface area contributed by atoms with E-state index in [0.717, 1.165) is 26.2 Å². The van der Waals surface area contributed by atoms with Gasteiger partial charge in [-0.05, 0) is 19.3 Å². The second kappa shape index (κ2) is 7.81.